The van der Waals surface area contributed by atoms with Crippen molar-refractivity contribution in [1.82, 2.24) is 20.5 Å². The topological polar surface area (TPSA) is 172 Å². The van der Waals surface area contributed by atoms with Crippen LogP contribution in [-0.4, -0.2) is 94.2 Å². The first-order valence-electron chi connectivity index (χ1n) is 16.2. The fourth-order valence-corrected chi connectivity index (χ4v) is 5.74. The predicted octanol–water partition coefficient (Wildman–Crippen LogP) is 5.85. The molecule has 0 aliphatic heterocycles. The molecule has 1 heterocycles. The van der Waals surface area contributed by atoms with Crippen LogP contribution in [0, 0.1) is 5.82 Å². The van der Waals surface area contributed by atoms with E-state index in [1.165, 1.54) is 6.07 Å². The van der Waals surface area contributed by atoms with Crippen LogP contribution in [0.5, 0.6) is 5.75 Å². The van der Waals surface area contributed by atoms with E-state index in [4.69, 9.17) is 19.8 Å². The molecular formula is C33H43F7N4O7S. The molecule has 0 radical (unpaired) electrons. The van der Waals surface area contributed by atoms with Crippen molar-refractivity contribution in [2.45, 2.75) is 77.2 Å². The van der Waals surface area contributed by atoms with Crippen LogP contribution < -0.4 is 15.5 Å². The van der Waals surface area contributed by atoms with Crippen molar-refractivity contribution in [3.8, 4) is 5.75 Å². The molecule has 3 rings (SSSR count). The molecule has 0 atom stereocenters. The summed E-state index contributed by atoms with van der Waals surface area (Å²) in [5, 5.41) is 31.0. The molecule has 52 heavy (non-hydrogen) atoms. The second kappa shape index (κ2) is 22.7. The number of aliphatic carboxylic acids is 2. The molecule has 0 fully saturated rings. The minimum absolute atomic E-state index is 0.0885. The molecule has 0 spiro atoms. The number of carbonyl (C=O) groups excluding carboxylic acids is 1. The Hall–Kier alpha value is -4.23. The van der Waals surface area contributed by atoms with E-state index in [9.17, 15) is 45.4 Å². The normalized spacial score (nSPS) is 11.4. The number of hydrogen-bond acceptors (Lipinski definition) is 8. The van der Waals surface area contributed by atoms with Gasteiger partial charge in [0.1, 0.15) is 17.1 Å². The van der Waals surface area contributed by atoms with Gasteiger partial charge in [0, 0.05) is 32.1 Å². The Balaban J connectivity index is 0.000000812. The summed E-state index contributed by atoms with van der Waals surface area (Å²) in [6.45, 7) is 7.66. The van der Waals surface area contributed by atoms with Crippen LogP contribution in [0.25, 0.3) is 10.2 Å². The van der Waals surface area contributed by atoms with Crippen molar-refractivity contribution in [2.75, 3.05) is 32.7 Å². The number of H-pyrrole nitrogens is 1. The second-order valence-corrected chi connectivity index (χ2v) is 12.2. The Bertz CT molecular complexity index is 1580. The molecule has 292 valence electrons. The number of benzene rings is 2. The third-order valence-electron chi connectivity index (χ3n) is 7.22. The van der Waals surface area contributed by atoms with Gasteiger partial charge in [-0.1, -0.05) is 56.2 Å². The number of phenolic OH excluding ortho intramolecular Hbond substituents is 1. The maximum absolute atomic E-state index is 13.4. The third-order valence-corrected chi connectivity index (χ3v) is 8.18. The van der Waals surface area contributed by atoms with Gasteiger partial charge in [-0.3, -0.25) is 9.59 Å². The number of amides is 1. The van der Waals surface area contributed by atoms with Gasteiger partial charge < -0.3 is 35.8 Å². The first kappa shape index (κ1) is 45.8. The summed E-state index contributed by atoms with van der Waals surface area (Å²) in [4.78, 5) is 47.3. The van der Waals surface area contributed by atoms with Crippen molar-refractivity contribution in [2.24, 2.45) is 0 Å². The Kier molecular flexibility index (Phi) is 19.9. The van der Waals surface area contributed by atoms with E-state index >= 15 is 0 Å². The van der Waals surface area contributed by atoms with Gasteiger partial charge in [-0.05, 0) is 68.1 Å². The van der Waals surface area contributed by atoms with E-state index in [0.29, 0.717) is 44.7 Å². The Morgan fingerprint density at radius 2 is 1.42 bits per heavy atom. The number of nitrogens with zero attached hydrogens (tertiary/aromatic N) is 1. The van der Waals surface area contributed by atoms with Gasteiger partial charge in [0.15, 0.2) is 0 Å². The predicted molar refractivity (Wildman–Crippen MR) is 181 cm³/mol. The van der Waals surface area contributed by atoms with Gasteiger partial charge in [0.25, 0.3) is 0 Å². The van der Waals surface area contributed by atoms with Gasteiger partial charge in [0.2, 0.25) is 5.91 Å². The molecule has 0 bridgehead atoms. The Morgan fingerprint density at radius 1 is 0.865 bits per heavy atom. The lowest BCUT2D eigenvalue weighted by atomic mass is 10.0. The number of fused-ring (bicyclic) bond motifs is 1. The number of aromatic nitrogens is 1. The van der Waals surface area contributed by atoms with Gasteiger partial charge in [-0.25, -0.2) is 14.0 Å². The highest BCUT2D eigenvalue weighted by molar-refractivity contribution is 7.16. The summed E-state index contributed by atoms with van der Waals surface area (Å²) < 4.78 is 77.6. The first-order chi connectivity index (χ1) is 24.3. The van der Waals surface area contributed by atoms with Gasteiger partial charge in [-0.2, -0.15) is 26.3 Å². The average Bonchev–Trinajstić information content (AvgIpc) is 3.45. The average molecular weight is 773 g/mol. The van der Waals surface area contributed by atoms with E-state index in [1.807, 2.05) is 17.0 Å². The molecule has 11 nitrogen and oxygen atoms in total. The quantitative estimate of drug-likeness (QED) is 0.0727. The van der Waals surface area contributed by atoms with Crippen molar-refractivity contribution >= 4 is 39.4 Å². The molecule has 19 heteroatoms. The number of halogens is 7. The maximum Gasteiger partial charge on any atom is 0.490 e. The molecular weight excluding hydrogens is 729 g/mol. The fourth-order valence-electron chi connectivity index (χ4n) is 4.84. The Labute approximate surface area is 298 Å². The molecule has 1 aromatic heterocycles. The summed E-state index contributed by atoms with van der Waals surface area (Å²) >= 11 is 1.12. The number of phenols is 1. The number of carboxylic acids is 2. The van der Waals surface area contributed by atoms with Crippen molar-refractivity contribution in [3.05, 3.63) is 63.0 Å². The number of alkyl halides is 6. The highest BCUT2D eigenvalue weighted by Gasteiger charge is 2.38. The summed E-state index contributed by atoms with van der Waals surface area (Å²) in [6, 6.07) is 10.3. The molecule has 3 aromatic rings. The monoisotopic (exact) mass is 772 g/mol. The number of hydrogen-bond donors (Lipinski definition) is 6. The number of carboxylic acid groups (broad SMARTS) is 2. The zero-order valence-corrected chi connectivity index (χ0v) is 29.3. The maximum atomic E-state index is 13.4. The molecule has 0 unspecified atom stereocenters. The number of carbonyl (C=O) groups is 3. The number of thiazole rings is 1. The van der Waals surface area contributed by atoms with E-state index in [2.05, 4.69) is 29.5 Å². The fraction of sp³-hybridized carbons (Fsp3) is 0.515. The first-order valence-corrected chi connectivity index (χ1v) is 17.0. The molecule has 0 saturated carbocycles. The van der Waals surface area contributed by atoms with Crippen LogP contribution >= 0.6 is 11.3 Å². The summed E-state index contributed by atoms with van der Waals surface area (Å²) in [7, 11) is 0. The molecule has 0 saturated heterocycles. The van der Waals surface area contributed by atoms with Crippen LogP contribution in [0.2, 0.25) is 0 Å². The SMILES string of the molecule is CCCC(CCC)N(CCNCCc1ccc(O)c2[nH]c(=O)sc12)C(=O)CCNCCc1cccc(F)c1.O=C(O)C(F)(F)F.O=C(O)C(F)(F)F. The molecule has 1 amide bonds. The summed E-state index contributed by atoms with van der Waals surface area (Å²) in [6.07, 6.45) is -4.24. The van der Waals surface area contributed by atoms with Gasteiger partial charge >= 0.3 is 29.2 Å². The van der Waals surface area contributed by atoms with Gasteiger partial charge in [0.05, 0.1) is 4.70 Å². The van der Waals surface area contributed by atoms with Crippen molar-refractivity contribution in [1.29, 1.82) is 0 Å². The van der Waals surface area contributed by atoms with Crippen LogP contribution in [0.1, 0.15) is 57.1 Å². The van der Waals surface area contributed by atoms with Gasteiger partial charge in [-0.15, -0.1) is 0 Å². The lowest BCUT2D eigenvalue weighted by Crippen LogP contribution is -2.45. The number of aromatic hydroxyl groups is 1. The summed E-state index contributed by atoms with van der Waals surface area (Å²) in [5.41, 5.74) is 2.46. The zero-order valence-electron chi connectivity index (χ0n) is 28.5. The number of aromatic amines is 1. The molecule has 0 aliphatic carbocycles. The highest BCUT2D eigenvalue weighted by atomic mass is 32.1. The molecule has 6 N–H and O–H groups in total. The minimum Gasteiger partial charge on any atom is -0.506 e. The largest absolute Gasteiger partial charge is 0.506 e. The standard InChI is InChI=1S/C29H41FN4O3S.2C2HF3O2/c1-3-6-24(7-4-2)34(26(36)14-17-31-15-12-21-8-5-9-23(30)20-21)19-18-32-16-13-22-10-11-25(35)27-28(22)38-29(37)33-27;2*3-2(4,5)1(6)7/h5,8-11,20,24,31-32,35H,3-4,6-7,12-19H2,1-2H3,(H,33,37);2*(H,6,7). The van der Waals surface area contributed by atoms with E-state index < -0.39 is 24.3 Å². The number of nitrogens with one attached hydrogen (secondary N) is 3. The number of rotatable bonds is 17. The summed E-state index contributed by atoms with van der Waals surface area (Å²) in [5.74, 6) is -5.49. The lowest BCUT2D eigenvalue weighted by Gasteiger charge is -2.32. The zero-order chi connectivity index (χ0) is 39.5. The van der Waals surface area contributed by atoms with Crippen molar-refractivity contribution in [3.63, 3.8) is 0 Å². The van der Waals surface area contributed by atoms with E-state index in [-0.39, 0.29) is 28.4 Å². The van der Waals surface area contributed by atoms with Crippen LogP contribution in [-0.2, 0) is 27.2 Å². The van der Waals surface area contributed by atoms with E-state index in [1.54, 1.807) is 18.2 Å². The van der Waals surface area contributed by atoms with Crippen LogP contribution in [0.15, 0.2) is 41.2 Å². The molecule has 0 aliphatic rings. The van der Waals surface area contributed by atoms with Crippen LogP contribution in [0.4, 0.5) is 30.7 Å². The van der Waals surface area contributed by atoms with Crippen LogP contribution in [0.3, 0.4) is 0 Å². The third kappa shape index (κ3) is 17.3. The minimum atomic E-state index is -5.08. The smallest absolute Gasteiger partial charge is 0.490 e. The lowest BCUT2D eigenvalue weighted by molar-refractivity contribution is -0.193. The molecule has 2 aromatic carbocycles. The Morgan fingerprint density at radius 3 is 1.96 bits per heavy atom. The van der Waals surface area contributed by atoms with E-state index in [0.717, 1.165) is 65.7 Å². The highest BCUT2D eigenvalue weighted by Crippen LogP contribution is 2.28. The van der Waals surface area contributed by atoms with Crippen molar-refractivity contribution < 1.29 is 60.4 Å². The second-order valence-electron chi connectivity index (χ2n) is 11.3.